The van der Waals surface area contributed by atoms with Gasteiger partial charge in [0.2, 0.25) is 5.91 Å². The van der Waals surface area contributed by atoms with Crippen molar-refractivity contribution in [2.75, 3.05) is 19.8 Å². The third kappa shape index (κ3) is 2.74. The molecule has 0 saturated carbocycles. The summed E-state index contributed by atoms with van der Waals surface area (Å²) in [5.74, 6) is 0.0157. The number of carbonyl (C=O) groups is 1. The van der Waals surface area contributed by atoms with Gasteiger partial charge in [0.25, 0.3) is 5.69 Å². The lowest BCUT2D eigenvalue weighted by Gasteiger charge is -2.35. The van der Waals surface area contributed by atoms with E-state index in [1.165, 1.54) is 12.1 Å². The molecule has 21 heavy (non-hydrogen) atoms. The Hall–Kier alpha value is -1.99. The largest absolute Gasteiger partial charge is 0.379 e. The summed E-state index contributed by atoms with van der Waals surface area (Å²) in [6.45, 7) is 1.51. The molecule has 1 amide bonds. The minimum atomic E-state index is -0.422. The van der Waals surface area contributed by atoms with Crippen LogP contribution in [0.4, 0.5) is 5.69 Å². The molecule has 1 N–H and O–H groups in total. The molecule has 2 fully saturated rings. The average molecular weight is 291 g/mol. The Morgan fingerprint density at radius 3 is 3.00 bits per heavy atom. The molecule has 2 unspecified atom stereocenters. The molecule has 7 nitrogen and oxygen atoms in total. The highest BCUT2D eigenvalue weighted by molar-refractivity contribution is 5.81. The van der Waals surface area contributed by atoms with Gasteiger partial charge in [0, 0.05) is 18.7 Å². The third-order valence-electron chi connectivity index (χ3n) is 3.94. The molecule has 1 aromatic rings. The normalized spacial score (nSPS) is 26.1. The zero-order valence-corrected chi connectivity index (χ0v) is 11.5. The van der Waals surface area contributed by atoms with Crippen molar-refractivity contribution in [2.45, 2.75) is 25.0 Å². The van der Waals surface area contributed by atoms with E-state index in [4.69, 9.17) is 4.74 Å². The van der Waals surface area contributed by atoms with E-state index >= 15 is 0 Å². The Morgan fingerprint density at radius 2 is 2.29 bits per heavy atom. The van der Waals surface area contributed by atoms with Crippen LogP contribution in [0.3, 0.4) is 0 Å². The zero-order valence-electron chi connectivity index (χ0n) is 11.5. The number of hydrogen-bond acceptors (Lipinski definition) is 5. The number of nitrogens with one attached hydrogen (secondary N) is 1. The summed E-state index contributed by atoms with van der Waals surface area (Å²) >= 11 is 0. The van der Waals surface area contributed by atoms with Gasteiger partial charge in [-0.25, -0.2) is 0 Å². The van der Waals surface area contributed by atoms with Crippen molar-refractivity contribution in [3.8, 4) is 0 Å². The van der Waals surface area contributed by atoms with E-state index in [1.807, 2.05) is 0 Å². The van der Waals surface area contributed by atoms with Crippen LogP contribution in [-0.4, -0.2) is 41.5 Å². The quantitative estimate of drug-likeness (QED) is 0.668. The second-order valence-corrected chi connectivity index (χ2v) is 5.31. The molecule has 0 aromatic heterocycles. The molecule has 2 heterocycles. The summed E-state index contributed by atoms with van der Waals surface area (Å²) in [5.41, 5.74) is 0.772. The van der Waals surface area contributed by atoms with Crippen LogP contribution in [0.1, 0.15) is 24.6 Å². The van der Waals surface area contributed by atoms with Crippen LogP contribution >= 0.6 is 0 Å². The van der Waals surface area contributed by atoms with Crippen LogP contribution < -0.4 is 5.32 Å². The van der Waals surface area contributed by atoms with Crippen LogP contribution in [0, 0.1) is 10.1 Å². The fourth-order valence-corrected chi connectivity index (χ4v) is 2.96. The van der Waals surface area contributed by atoms with E-state index in [2.05, 4.69) is 5.32 Å². The number of nitro benzene ring substituents is 1. The van der Waals surface area contributed by atoms with Gasteiger partial charge in [-0.05, 0) is 18.4 Å². The van der Waals surface area contributed by atoms with E-state index in [9.17, 15) is 14.9 Å². The molecular weight excluding hydrogens is 274 g/mol. The number of nitrogens with zero attached hydrogens (tertiary/aromatic N) is 2. The molecular formula is C14H17N3O4. The lowest BCUT2D eigenvalue weighted by molar-refractivity contribution is -0.385. The maximum atomic E-state index is 12.2. The van der Waals surface area contributed by atoms with Gasteiger partial charge in [0.1, 0.15) is 6.17 Å². The summed E-state index contributed by atoms with van der Waals surface area (Å²) in [4.78, 5) is 24.4. The van der Waals surface area contributed by atoms with Crippen molar-refractivity contribution in [1.82, 2.24) is 10.2 Å². The molecule has 0 radical (unpaired) electrons. The summed E-state index contributed by atoms with van der Waals surface area (Å²) < 4.78 is 5.46. The first kappa shape index (κ1) is 14.0. The van der Waals surface area contributed by atoms with Gasteiger partial charge in [-0.2, -0.15) is 0 Å². The Kier molecular flexibility index (Phi) is 3.85. The molecule has 2 saturated heterocycles. The van der Waals surface area contributed by atoms with Crippen molar-refractivity contribution in [3.05, 3.63) is 39.9 Å². The molecule has 3 rings (SSSR count). The number of ether oxygens (including phenoxy) is 1. The van der Waals surface area contributed by atoms with Gasteiger partial charge >= 0.3 is 0 Å². The van der Waals surface area contributed by atoms with Gasteiger partial charge in [0.05, 0.1) is 24.1 Å². The highest BCUT2D eigenvalue weighted by Gasteiger charge is 2.37. The van der Waals surface area contributed by atoms with E-state index in [0.717, 1.165) is 25.0 Å². The van der Waals surface area contributed by atoms with Crippen molar-refractivity contribution in [2.24, 2.45) is 0 Å². The number of hydrogen-bond donors (Lipinski definition) is 1. The topological polar surface area (TPSA) is 84.7 Å². The first-order valence-electron chi connectivity index (χ1n) is 7.03. The van der Waals surface area contributed by atoms with Crippen LogP contribution in [0.15, 0.2) is 24.3 Å². The van der Waals surface area contributed by atoms with Gasteiger partial charge in [-0.15, -0.1) is 0 Å². The second-order valence-electron chi connectivity index (χ2n) is 5.31. The zero-order chi connectivity index (χ0) is 14.8. The van der Waals surface area contributed by atoms with Crippen molar-refractivity contribution >= 4 is 11.6 Å². The molecule has 2 atom stereocenters. The smallest absolute Gasteiger partial charge is 0.269 e. The first-order chi connectivity index (χ1) is 10.2. The SMILES string of the molecule is O=C1CNC(c2cccc([N+](=O)[O-])c2)N1C1CCCOC1. The van der Waals surface area contributed by atoms with E-state index < -0.39 is 4.92 Å². The van der Waals surface area contributed by atoms with Gasteiger partial charge in [-0.3, -0.25) is 20.2 Å². The van der Waals surface area contributed by atoms with Crippen molar-refractivity contribution in [3.63, 3.8) is 0 Å². The number of nitro groups is 1. The fraction of sp³-hybridized carbons (Fsp3) is 0.500. The first-order valence-corrected chi connectivity index (χ1v) is 7.03. The van der Waals surface area contributed by atoms with Crippen molar-refractivity contribution in [1.29, 1.82) is 0 Å². The number of amides is 1. The van der Waals surface area contributed by atoms with Crippen molar-refractivity contribution < 1.29 is 14.5 Å². The fourth-order valence-electron chi connectivity index (χ4n) is 2.96. The summed E-state index contributed by atoms with van der Waals surface area (Å²) in [7, 11) is 0. The van der Waals surface area contributed by atoms with E-state index in [-0.39, 0.29) is 30.3 Å². The molecule has 2 aliphatic heterocycles. The van der Waals surface area contributed by atoms with E-state index in [0.29, 0.717) is 6.61 Å². The Labute approximate surface area is 122 Å². The highest BCUT2D eigenvalue weighted by atomic mass is 16.6. The monoisotopic (exact) mass is 291 g/mol. The number of benzene rings is 1. The average Bonchev–Trinajstić information content (AvgIpc) is 2.90. The van der Waals surface area contributed by atoms with Gasteiger partial charge < -0.3 is 9.64 Å². The van der Waals surface area contributed by atoms with Crippen LogP contribution in [-0.2, 0) is 9.53 Å². The molecule has 7 heteroatoms. The molecule has 0 bridgehead atoms. The molecule has 0 spiro atoms. The van der Waals surface area contributed by atoms with Crippen LogP contribution in [0.2, 0.25) is 0 Å². The molecule has 2 aliphatic rings. The molecule has 112 valence electrons. The van der Waals surface area contributed by atoms with Crippen LogP contribution in [0.5, 0.6) is 0 Å². The lowest BCUT2D eigenvalue weighted by atomic mass is 10.1. The van der Waals surface area contributed by atoms with Gasteiger partial charge in [0.15, 0.2) is 0 Å². The maximum absolute atomic E-state index is 12.2. The standard InChI is InChI=1S/C14H17N3O4/c18-13-8-15-14(16(13)12-5-2-6-21-9-12)10-3-1-4-11(7-10)17(19)20/h1,3-4,7,12,14-15H,2,5-6,8-9H2. The minimum Gasteiger partial charge on any atom is -0.379 e. The summed E-state index contributed by atoms with van der Waals surface area (Å²) in [5, 5.41) is 14.0. The predicted molar refractivity (Wildman–Crippen MR) is 74.5 cm³/mol. The second kappa shape index (κ2) is 5.79. The number of rotatable bonds is 3. The third-order valence-corrected chi connectivity index (χ3v) is 3.94. The Morgan fingerprint density at radius 1 is 1.43 bits per heavy atom. The highest BCUT2D eigenvalue weighted by Crippen LogP contribution is 2.29. The molecule has 0 aliphatic carbocycles. The Balaban J connectivity index is 1.87. The lowest BCUT2D eigenvalue weighted by Crippen LogP contribution is -2.44. The molecule has 1 aromatic carbocycles. The minimum absolute atomic E-state index is 0.0157. The Bertz CT molecular complexity index is 557. The van der Waals surface area contributed by atoms with E-state index in [1.54, 1.807) is 17.0 Å². The number of non-ortho nitro benzene ring substituents is 1. The predicted octanol–water partition coefficient (Wildman–Crippen LogP) is 1.20. The maximum Gasteiger partial charge on any atom is 0.269 e. The van der Waals surface area contributed by atoms with Gasteiger partial charge in [-0.1, -0.05) is 12.1 Å². The van der Waals surface area contributed by atoms with Crippen LogP contribution in [0.25, 0.3) is 0 Å². The summed E-state index contributed by atoms with van der Waals surface area (Å²) in [6, 6.07) is 6.46. The number of carbonyl (C=O) groups excluding carboxylic acids is 1. The summed E-state index contributed by atoms with van der Waals surface area (Å²) in [6.07, 6.45) is 1.51.